The van der Waals surface area contributed by atoms with Crippen molar-refractivity contribution in [2.24, 2.45) is 11.8 Å². The number of rotatable bonds is 6. The Hall–Kier alpha value is -2.64. The monoisotopic (exact) mass is 421 g/mol. The summed E-state index contributed by atoms with van der Waals surface area (Å²) in [4.78, 5) is 18.4. The molecule has 164 valence electrons. The number of likely N-dealkylation sites (tertiary alicyclic amines) is 1. The van der Waals surface area contributed by atoms with E-state index in [9.17, 15) is 9.90 Å². The van der Waals surface area contributed by atoms with Gasteiger partial charge in [-0.1, -0.05) is 18.2 Å². The normalized spacial score (nSPS) is 26.3. The Morgan fingerprint density at radius 3 is 2.81 bits per heavy atom. The first-order valence-corrected chi connectivity index (χ1v) is 11.3. The molecule has 4 atom stereocenters. The van der Waals surface area contributed by atoms with Crippen LogP contribution in [0, 0.1) is 18.8 Å². The van der Waals surface area contributed by atoms with E-state index in [0.29, 0.717) is 18.3 Å². The molecular formula is C24H31N5O2. The van der Waals surface area contributed by atoms with E-state index in [2.05, 4.69) is 20.3 Å². The zero-order chi connectivity index (χ0) is 21.4. The fourth-order valence-corrected chi connectivity index (χ4v) is 5.41. The van der Waals surface area contributed by atoms with Crippen molar-refractivity contribution in [3.05, 3.63) is 54.0 Å². The van der Waals surface area contributed by atoms with Gasteiger partial charge >= 0.3 is 0 Å². The van der Waals surface area contributed by atoms with Crippen LogP contribution in [0.25, 0.3) is 10.9 Å². The number of nitrogens with one attached hydrogen (secondary N) is 2. The van der Waals surface area contributed by atoms with Crippen LogP contribution >= 0.6 is 0 Å². The molecule has 1 saturated carbocycles. The maximum Gasteiger partial charge on any atom is 0.224 e. The van der Waals surface area contributed by atoms with E-state index >= 15 is 0 Å². The lowest BCUT2D eigenvalue weighted by Crippen LogP contribution is -2.49. The molecule has 2 fully saturated rings. The van der Waals surface area contributed by atoms with E-state index in [4.69, 9.17) is 0 Å². The summed E-state index contributed by atoms with van der Waals surface area (Å²) >= 11 is 0. The topological polar surface area (TPSA) is 86.2 Å². The fourth-order valence-electron chi connectivity index (χ4n) is 5.41. The van der Waals surface area contributed by atoms with E-state index in [1.807, 2.05) is 54.3 Å². The van der Waals surface area contributed by atoms with Crippen molar-refractivity contribution in [2.45, 2.75) is 44.9 Å². The molecule has 1 saturated heterocycles. The number of aliphatic hydroxyl groups is 1. The summed E-state index contributed by atoms with van der Waals surface area (Å²) in [6.07, 6.45) is 5.41. The number of hydrogen-bond acceptors (Lipinski definition) is 4. The number of amides is 1. The van der Waals surface area contributed by atoms with Gasteiger partial charge < -0.3 is 20.3 Å². The van der Waals surface area contributed by atoms with Gasteiger partial charge in [0.25, 0.3) is 0 Å². The van der Waals surface area contributed by atoms with Crippen LogP contribution in [0.4, 0.5) is 0 Å². The van der Waals surface area contributed by atoms with Crippen LogP contribution in [0.15, 0.2) is 42.7 Å². The molecule has 0 unspecified atom stereocenters. The van der Waals surface area contributed by atoms with Crippen LogP contribution in [0.2, 0.25) is 0 Å². The van der Waals surface area contributed by atoms with Gasteiger partial charge in [0, 0.05) is 42.9 Å². The molecule has 7 heteroatoms. The zero-order valence-corrected chi connectivity index (χ0v) is 18.0. The summed E-state index contributed by atoms with van der Waals surface area (Å²) < 4.78 is 2.00. The molecule has 1 aliphatic heterocycles. The minimum absolute atomic E-state index is 0.0174. The maximum absolute atomic E-state index is 12.7. The number of carbonyl (C=O) groups is 1. The third kappa shape index (κ3) is 4.38. The Morgan fingerprint density at radius 1 is 1.19 bits per heavy atom. The van der Waals surface area contributed by atoms with Gasteiger partial charge in [-0.15, -0.1) is 0 Å². The van der Waals surface area contributed by atoms with Gasteiger partial charge in [0.15, 0.2) is 0 Å². The third-order valence-electron chi connectivity index (χ3n) is 7.01. The van der Waals surface area contributed by atoms with Gasteiger partial charge in [0.2, 0.25) is 5.91 Å². The molecule has 5 rings (SSSR count). The van der Waals surface area contributed by atoms with Gasteiger partial charge in [0.05, 0.1) is 30.8 Å². The minimum Gasteiger partial charge on any atom is -0.391 e. The largest absolute Gasteiger partial charge is 0.391 e. The Kier molecular flexibility index (Phi) is 5.54. The molecule has 1 amide bonds. The number of carbonyl (C=O) groups excluding carboxylic acids is 1. The van der Waals surface area contributed by atoms with Crippen LogP contribution in [-0.2, 0) is 17.8 Å². The number of fused-ring (bicyclic) bond motifs is 2. The Morgan fingerprint density at radius 2 is 2.00 bits per heavy atom. The summed E-state index contributed by atoms with van der Waals surface area (Å²) in [6.45, 7) is 5.93. The van der Waals surface area contributed by atoms with E-state index in [-0.39, 0.29) is 11.9 Å². The first kappa shape index (κ1) is 20.3. The predicted molar refractivity (Wildman–Crippen MR) is 120 cm³/mol. The van der Waals surface area contributed by atoms with Crippen LogP contribution in [-0.4, -0.2) is 62.5 Å². The second-order valence-electron chi connectivity index (χ2n) is 9.25. The van der Waals surface area contributed by atoms with Crippen molar-refractivity contribution in [1.29, 1.82) is 0 Å². The Labute approximate surface area is 182 Å². The molecule has 1 aromatic carbocycles. The van der Waals surface area contributed by atoms with Gasteiger partial charge in [-0.25, -0.2) is 0 Å². The van der Waals surface area contributed by atoms with Gasteiger partial charge in [-0.05, 0) is 49.3 Å². The van der Waals surface area contributed by atoms with Crippen LogP contribution in [0.5, 0.6) is 0 Å². The fraction of sp³-hybridized carbons (Fsp3) is 0.500. The minimum atomic E-state index is -0.470. The first-order valence-electron chi connectivity index (χ1n) is 11.3. The number of aromatic nitrogens is 3. The van der Waals surface area contributed by atoms with Crippen molar-refractivity contribution in [2.75, 3.05) is 19.6 Å². The highest BCUT2D eigenvalue weighted by Crippen LogP contribution is 2.36. The van der Waals surface area contributed by atoms with Gasteiger partial charge in [0.1, 0.15) is 0 Å². The van der Waals surface area contributed by atoms with Gasteiger partial charge in [-0.2, -0.15) is 5.10 Å². The molecular weight excluding hydrogens is 390 g/mol. The molecule has 31 heavy (non-hydrogen) atoms. The predicted octanol–water partition coefficient (Wildman–Crippen LogP) is 2.10. The first-order chi connectivity index (χ1) is 15.0. The van der Waals surface area contributed by atoms with E-state index in [1.54, 1.807) is 0 Å². The third-order valence-corrected chi connectivity index (χ3v) is 7.01. The number of para-hydroxylation sites is 1. The Balaban J connectivity index is 1.15. The van der Waals surface area contributed by atoms with Gasteiger partial charge in [-0.3, -0.25) is 9.48 Å². The van der Waals surface area contributed by atoms with E-state index < -0.39 is 6.10 Å². The molecule has 1 aliphatic carbocycles. The lowest BCUT2D eigenvalue weighted by Gasteiger charge is -2.35. The molecule has 3 N–H and O–H groups in total. The highest BCUT2D eigenvalue weighted by molar-refractivity contribution is 5.88. The van der Waals surface area contributed by atoms with Crippen molar-refractivity contribution in [3.8, 4) is 0 Å². The van der Waals surface area contributed by atoms with E-state index in [0.717, 1.165) is 61.2 Å². The number of aryl methyl sites for hydroxylation is 1. The highest BCUT2D eigenvalue weighted by Gasteiger charge is 2.41. The summed E-state index contributed by atoms with van der Waals surface area (Å²) in [5.74, 6) is 1.02. The van der Waals surface area contributed by atoms with Crippen LogP contribution in [0.3, 0.4) is 0 Å². The summed E-state index contributed by atoms with van der Waals surface area (Å²) in [5, 5.41) is 19.4. The lowest BCUT2D eigenvalue weighted by molar-refractivity contribution is -0.122. The zero-order valence-electron chi connectivity index (χ0n) is 18.0. The molecule has 0 radical (unpaired) electrons. The van der Waals surface area contributed by atoms with Crippen molar-refractivity contribution < 1.29 is 9.90 Å². The number of hydrogen-bond donors (Lipinski definition) is 3. The SMILES string of the molecule is Cc1ccn(CCN2C[C@H]3C[C@H](O)[C@@H](NC(=O)Cc4c[nH]c5ccccc45)C[C@H]3C2)n1. The maximum atomic E-state index is 12.7. The molecule has 0 bridgehead atoms. The van der Waals surface area contributed by atoms with Crippen LogP contribution < -0.4 is 5.32 Å². The summed E-state index contributed by atoms with van der Waals surface area (Å²) in [7, 11) is 0. The molecule has 3 heterocycles. The molecule has 0 spiro atoms. The second kappa shape index (κ2) is 8.48. The number of benzene rings is 1. The average Bonchev–Trinajstić information content (AvgIpc) is 3.45. The molecule has 7 nitrogen and oxygen atoms in total. The molecule has 2 aromatic heterocycles. The van der Waals surface area contributed by atoms with Crippen molar-refractivity contribution in [1.82, 2.24) is 25.0 Å². The number of nitrogens with zero attached hydrogens (tertiary/aromatic N) is 3. The van der Waals surface area contributed by atoms with Crippen molar-refractivity contribution in [3.63, 3.8) is 0 Å². The summed E-state index contributed by atoms with van der Waals surface area (Å²) in [5.41, 5.74) is 3.09. The molecule has 3 aromatic rings. The molecule has 2 aliphatic rings. The average molecular weight is 422 g/mol. The highest BCUT2D eigenvalue weighted by atomic mass is 16.3. The number of H-pyrrole nitrogens is 1. The quantitative estimate of drug-likeness (QED) is 0.569. The smallest absolute Gasteiger partial charge is 0.224 e. The standard InChI is InChI=1S/C24H31N5O2/c1-16-6-7-29(27-16)9-8-28-14-18-10-22(23(30)11-19(18)15-28)26-24(31)12-17-13-25-21-5-3-2-4-20(17)21/h2-7,13,18-19,22-23,25,30H,8-12,14-15H2,1H3,(H,26,31)/t18-,19+,22-,23-/m0/s1. The lowest BCUT2D eigenvalue weighted by atomic mass is 9.77. The van der Waals surface area contributed by atoms with Crippen molar-refractivity contribution >= 4 is 16.8 Å². The van der Waals surface area contributed by atoms with E-state index in [1.165, 1.54) is 0 Å². The Bertz CT molecular complexity index is 1060. The number of aromatic amines is 1. The second-order valence-corrected chi connectivity index (χ2v) is 9.25. The number of aliphatic hydroxyl groups excluding tert-OH is 1. The summed E-state index contributed by atoms with van der Waals surface area (Å²) in [6, 6.07) is 9.89. The van der Waals surface area contributed by atoms with Crippen LogP contribution in [0.1, 0.15) is 24.1 Å².